The molecule has 0 fully saturated rings. The lowest BCUT2D eigenvalue weighted by Gasteiger charge is -2.26. The molecule has 0 aliphatic heterocycles. The van der Waals surface area contributed by atoms with E-state index in [4.69, 9.17) is 0 Å². The fourth-order valence-electron chi connectivity index (χ4n) is 2.37. The maximum Gasteiger partial charge on any atom is 0.185 e. The van der Waals surface area contributed by atoms with Gasteiger partial charge in [-0.15, -0.1) is 0 Å². The smallest absolute Gasteiger partial charge is 0.185 e. The minimum absolute atomic E-state index is 0.174. The Morgan fingerprint density at radius 3 is 2.09 bits per heavy atom. The average molecular weight is 308 g/mol. The Balaban J connectivity index is 0.000000229. The fraction of sp³-hybridized carbons (Fsp3) is 0.150. The molecule has 0 saturated heterocycles. The first kappa shape index (κ1) is 16.6. The first-order valence-corrected chi connectivity index (χ1v) is 7.38. The van der Waals surface area contributed by atoms with E-state index >= 15 is 0 Å². The van der Waals surface area contributed by atoms with Gasteiger partial charge in [0, 0.05) is 11.0 Å². The van der Waals surface area contributed by atoms with Gasteiger partial charge in [0.25, 0.3) is 0 Å². The first-order chi connectivity index (χ1) is 11.1. The highest BCUT2D eigenvalue weighted by atomic mass is 16.3. The average Bonchev–Trinajstić information content (AvgIpc) is 3.10. The van der Waals surface area contributed by atoms with Gasteiger partial charge in [-0.1, -0.05) is 62.4 Å². The van der Waals surface area contributed by atoms with Crippen molar-refractivity contribution in [2.75, 3.05) is 0 Å². The van der Waals surface area contributed by atoms with Gasteiger partial charge >= 0.3 is 0 Å². The molecule has 1 heterocycles. The van der Waals surface area contributed by atoms with Gasteiger partial charge in [-0.2, -0.15) is 0 Å². The number of furan rings is 1. The van der Waals surface area contributed by atoms with Gasteiger partial charge in [0.2, 0.25) is 0 Å². The summed E-state index contributed by atoms with van der Waals surface area (Å²) in [6, 6.07) is 21.0. The molecule has 3 nitrogen and oxygen atoms in total. The van der Waals surface area contributed by atoms with Gasteiger partial charge in [-0.3, -0.25) is 4.79 Å². The number of para-hydroxylation sites is 1. The van der Waals surface area contributed by atoms with E-state index in [0.717, 1.165) is 5.56 Å². The standard InChI is InChI=1S/C15H16O.C5H4O2/c1-15(2,12-8-4-3-5-9-12)13-10-6-7-11-14(13)16;6-4-5-2-1-3-7-5/h3-11,16H,1-2H3;1-4H. The van der Waals surface area contributed by atoms with Crippen molar-refractivity contribution in [3.05, 3.63) is 89.9 Å². The lowest BCUT2D eigenvalue weighted by atomic mass is 9.78. The van der Waals surface area contributed by atoms with Crippen LogP contribution in [-0.2, 0) is 5.41 Å². The SMILES string of the molecule is CC(C)(c1ccccc1)c1ccccc1O.O=Cc1ccco1. The number of carbonyl (C=O) groups excluding carboxylic acids is 1. The molecule has 0 amide bonds. The Morgan fingerprint density at radius 2 is 1.57 bits per heavy atom. The molecule has 1 N–H and O–H groups in total. The number of hydrogen-bond acceptors (Lipinski definition) is 3. The summed E-state index contributed by atoms with van der Waals surface area (Å²) in [5.41, 5.74) is 1.99. The molecule has 0 aliphatic rings. The molecule has 0 unspecified atom stereocenters. The molecular formula is C20H20O3. The third-order valence-electron chi connectivity index (χ3n) is 3.73. The van der Waals surface area contributed by atoms with Crippen LogP contribution in [0.25, 0.3) is 0 Å². The lowest BCUT2D eigenvalue weighted by Crippen LogP contribution is -2.18. The zero-order valence-corrected chi connectivity index (χ0v) is 13.3. The van der Waals surface area contributed by atoms with E-state index in [1.165, 1.54) is 11.8 Å². The molecule has 0 aliphatic carbocycles. The van der Waals surface area contributed by atoms with Crippen LogP contribution in [0.4, 0.5) is 0 Å². The molecule has 0 bridgehead atoms. The number of phenols is 1. The highest BCUT2D eigenvalue weighted by Gasteiger charge is 2.25. The van der Waals surface area contributed by atoms with E-state index < -0.39 is 0 Å². The van der Waals surface area contributed by atoms with Crippen molar-refractivity contribution in [2.45, 2.75) is 19.3 Å². The summed E-state index contributed by atoms with van der Waals surface area (Å²) in [4.78, 5) is 9.77. The zero-order valence-electron chi connectivity index (χ0n) is 13.3. The van der Waals surface area contributed by atoms with Crippen LogP contribution in [-0.4, -0.2) is 11.4 Å². The number of phenolic OH excluding ortho intramolecular Hbond substituents is 1. The number of rotatable bonds is 3. The Morgan fingerprint density at radius 1 is 0.913 bits per heavy atom. The molecule has 3 heteroatoms. The summed E-state index contributed by atoms with van der Waals surface area (Å²) in [6.45, 7) is 4.24. The minimum Gasteiger partial charge on any atom is -0.508 e. The number of benzene rings is 2. The summed E-state index contributed by atoms with van der Waals surface area (Å²) in [5.74, 6) is 0.733. The van der Waals surface area contributed by atoms with Crippen LogP contribution in [0.1, 0.15) is 35.5 Å². The molecule has 1 aromatic heterocycles. The van der Waals surface area contributed by atoms with Gasteiger partial charge in [0.15, 0.2) is 12.0 Å². The topological polar surface area (TPSA) is 50.4 Å². The minimum atomic E-state index is -0.174. The number of aldehydes is 1. The van der Waals surface area contributed by atoms with E-state index in [0.29, 0.717) is 17.8 Å². The zero-order chi connectivity index (χ0) is 16.7. The van der Waals surface area contributed by atoms with Crippen molar-refractivity contribution in [1.82, 2.24) is 0 Å². The molecule has 3 rings (SSSR count). The molecule has 0 saturated carbocycles. The molecule has 23 heavy (non-hydrogen) atoms. The monoisotopic (exact) mass is 308 g/mol. The number of carbonyl (C=O) groups is 1. The van der Waals surface area contributed by atoms with Crippen molar-refractivity contribution in [3.8, 4) is 5.75 Å². The Hall–Kier alpha value is -2.81. The van der Waals surface area contributed by atoms with Gasteiger partial charge < -0.3 is 9.52 Å². The van der Waals surface area contributed by atoms with Crippen LogP contribution in [0.5, 0.6) is 5.75 Å². The molecule has 118 valence electrons. The highest BCUT2D eigenvalue weighted by molar-refractivity contribution is 5.69. The maximum absolute atomic E-state index is 9.91. The van der Waals surface area contributed by atoms with E-state index in [2.05, 4.69) is 30.4 Å². The largest absolute Gasteiger partial charge is 0.508 e. The van der Waals surface area contributed by atoms with Gasteiger partial charge in [-0.05, 0) is 23.8 Å². The third-order valence-corrected chi connectivity index (χ3v) is 3.73. The van der Waals surface area contributed by atoms with Crippen LogP contribution in [0.15, 0.2) is 77.4 Å². The highest BCUT2D eigenvalue weighted by Crippen LogP contribution is 2.36. The van der Waals surface area contributed by atoms with Gasteiger partial charge in [-0.25, -0.2) is 0 Å². The molecule has 3 aromatic rings. The molecular weight excluding hydrogens is 288 g/mol. The lowest BCUT2D eigenvalue weighted by molar-refractivity contribution is 0.110. The predicted octanol–water partition coefficient (Wildman–Crippen LogP) is 4.81. The molecule has 2 aromatic carbocycles. The van der Waals surface area contributed by atoms with E-state index in [1.54, 1.807) is 18.2 Å². The van der Waals surface area contributed by atoms with Crippen LogP contribution in [0, 0.1) is 0 Å². The summed E-state index contributed by atoms with van der Waals surface area (Å²) in [5, 5.41) is 9.91. The van der Waals surface area contributed by atoms with Gasteiger partial charge in [0.05, 0.1) is 6.26 Å². The van der Waals surface area contributed by atoms with Crippen LogP contribution in [0.2, 0.25) is 0 Å². The van der Waals surface area contributed by atoms with Crippen molar-refractivity contribution in [1.29, 1.82) is 0 Å². The summed E-state index contributed by atoms with van der Waals surface area (Å²) >= 11 is 0. The number of aromatic hydroxyl groups is 1. The van der Waals surface area contributed by atoms with Crippen molar-refractivity contribution in [3.63, 3.8) is 0 Å². The van der Waals surface area contributed by atoms with Gasteiger partial charge in [0.1, 0.15) is 5.75 Å². The summed E-state index contributed by atoms with van der Waals surface area (Å²) in [6.07, 6.45) is 2.13. The summed E-state index contributed by atoms with van der Waals surface area (Å²) in [7, 11) is 0. The third kappa shape index (κ3) is 4.10. The second-order valence-corrected chi connectivity index (χ2v) is 5.64. The summed E-state index contributed by atoms with van der Waals surface area (Å²) < 4.78 is 4.61. The van der Waals surface area contributed by atoms with Crippen LogP contribution < -0.4 is 0 Å². The van der Waals surface area contributed by atoms with Crippen molar-refractivity contribution < 1.29 is 14.3 Å². The van der Waals surface area contributed by atoms with Crippen LogP contribution in [0.3, 0.4) is 0 Å². The quantitative estimate of drug-likeness (QED) is 0.706. The molecule has 0 radical (unpaired) electrons. The van der Waals surface area contributed by atoms with E-state index in [-0.39, 0.29) is 5.41 Å². The number of hydrogen-bond donors (Lipinski definition) is 1. The van der Waals surface area contributed by atoms with Crippen LogP contribution >= 0.6 is 0 Å². The molecule has 0 atom stereocenters. The van der Waals surface area contributed by atoms with Crippen molar-refractivity contribution in [2.24, 2.45) is 0 Å². The van der Waals surface area contributed by atoms with Crippen molar-refractivity contribution >= 4 is 6.29 Å². The predicted molar refractivity (Wildman–Crippen MR) is 90.8 cm³/mol. The normalized spacial score (nSPS) is 10.5. The molecule has 0 spiro atoms. The fourth-order valence-corrected chi connectivity index (χ4v) is 2.37. The maximum atomic E-state index is 9.91. The van der Waals surface area contributed by atoms with E-state index in [9.17, 15) is 9.90 Å². The Kier molecular flexibility index (Phi) is 5.36. The van der Waals surface area contributed by atoms with E-state index in [1.807, 2.05) is 36.4 Å². The second-order valence-electron chi connectivity index (χ2n) is 5.64. The second kappa shape index (κ2) is 7.45. The Bertz CT molecular complexity index is 729. The Labute approximate surface area is 136 Å². The first-order valence-electron chi connectivity index (χ1n) is 7.38.